The molecule has 103 valence electrons. The number of likely N-dealkylation sites (N-methyl/N-ethyl adjacent to an activating group) is 1. The summed E-state index contributed by atoms with van der Waals surface area (Å²) in [6.45, 7) is 7.26. The van der Waals surface area contributed by atoms with E-state index in [2.05, 4.69) is 24.5 Å². The molecule has 1 aliphatic heterocycles. The van der Waals surface area contributed by atoms with Crippen molar-refractivity contribution in [2.45, 2.75) is 6.92 Å². The number of methoxy groups -OCH3 is 1. The summed E-state index contributed by atoms with van der Waals surface area (Å²) in [4.78, 5) is 2.13. The van der Waals surface area contributed by atoms with Crippen LogP contribution in [0, 0.1) is 6.08 Å². The van der Waals surface area contributed by atoms with Crippen molar-refractivity contribution in [2.75, 3.05) is 20.4 Å². The maximum atomic E-state index is 5.37. The van der Waals surface area contributed by atoms with Gasteiger partial charge in [-0.05, 0) is 24.8 Å². The first-order chi connectivity index (χ1) is 9.26. The fourth-order valence-electron chi connectivity index (χ4n) is 1.96. The van der Waals surface area contributed by atoms with Gasteiger partial charge in [0.25, 0.3) is 0 Å². The quantitative estimate of drug-likeness (QED) is 0.604. The van der Waals surface area contributed by atoms with E-state index < -0.39 is 0 Å². The molecule has 1 heterocycles. The molecule has 0 amide bonds. The van der Waals surface area contributed by atoms with E-state index in [1.165, 1.54) is 0 Å². The first-order valence-electron chi connectivity index (χ1n) is 6.25. The molecule has 4 heteroatoms. The number of hydrogen-bond acceptors (Lipinski definition) is 3. The summed E-state index contributed by atoms with van der Waals surface area (Å²) in [7, 11) is 1.60. The third kappa shape index (κ3) is 4.05. The van der Waals surface area contributed by atoms with Crippen molar-refractivity contribution in [2.24, 2.45) is 0 Å². The molecule has 0 saturated heterocycles. The minimum Gasteiger partial charge on any atom is -0.468 e. The minimum absolute atomic E-state index is 0. The van der Waals surface area contributed by atoms with Gasteiger partial charge in [0.1, 0.15) is 5.75 Å². The molecule has 0 aromatic heterocycles. The molecule has 1 aliphatic rings. The molecule has 0 unspecified atom stereocenters. The van der Waals surface area contributed by atoms with E-state index in [1.54, 1.807) is 7.11 Å². The Morgan fingerprint density at radius 2 is 1.95 bits per heavy atom. The van der Waals surface area contributed by atoms with Crippen LogP contribution in [-0.2, 0) is 37.4 Å². The average molecular weight is 345 g/mol. The van der Waals surface area contributed by atoms with E-state index in [0.29, 0.717) is 0 Å². The third-order valence-corrected chi connectivity index (χ3v) is 2.90. The fraction of sp³-hybridized carbons (Fsp3) is 0.250. The summed E-state index contributed by atoms with van der Waals surface area (Å²) in [5.41, 5.74) is 3.11. The molecule has 1 aromatic rings. The number of benzene rings is 1. The number of hydrogen-bond donors (Lipinski definition) is 0. The second kappa shape index (κ2) is 8.40. The van der Waals surface area contributed by atoms with Gasteiger partial charge in [-0.2, -0.15) is 12.2 Å². The molecule has 0 atom stereocenters. The maximum Gasteiger partial charge on any atom is 0.188 e. The van der Waals surface area contributed by atoms with E-state index in [4.69, 9.17) is 9.47 Å². The van der Waals surface area contributed by atoms with Crippen LogP contribution in [0.5, 0.6) is 5.75 Å². The zero-order valence-corrected chi connectivity index (χ0v) is 14.8. The standard InChI is InChI=1S/C16H18NO2.Y/c1-4-17-13(2)6-5-7-16(17)14-8-10-15(11-9-14)19-12-18-3;/h5-6,8-11H,2,4,12H2,1,3H3;/q-1;. The zero-order valence-electron chi connectivity index (χ0n) is 11.9. The van der Waals surface area contributed by atoms with Gasteiger partial charge >= 0.3 is 0 Å². The van der Waals surface area contributed by atoms with Crippen molar-refractivity contribution >= 4 is 5.70 Å². The van der Waals surface area contributed by atoms with Gasteiger partial charge in [-0.1, -0.05) is 17.8 Å². The van der Waals surface area contributed by atoms with Crippen LogP contribution in [0.4, 0.5) is 0 Å². The fourth-order valence-corrected chi connectivity index (χ4v) is 1.96. The molecular weight excluding hydrogens is 327 g/mol. The van der Waals surface area contributed by atoms with Crippen molar-refractivity contribution in [3.8, 4) is 5.75 Å². The van der Waals surface area contributed by atoms with Crippen LogP contribution in [0.2, 0.25) is 0 Å². The van der Waals surface area contributed by atoms with Crippen LogP contribution in [0.3, 0.4) is 0 Å². The predicted molar refractivity (Wildman–Crippen MR) is 76.3 cm³/mol. The summed E-state index contributed by atoms with van der Waals surface area (Å²) >= 11 is 0. The van der Waals surface area contributed by atoms with Crippen molar-refractivity contribution in [3.05, 3.63) is 60.3 Å². The summed E-state index contributed by atoms with van der Waals surface area (Å²) in [6.07, 6.45) is 7.13. The predicted octanol–water partition coefficient (Wildman–Crippen LogP) is 3.22. The van der Waals surface area contributed by atoms with Gasteiger partial charge in [0, 0.05) is 46.4 Å². The summed E-state index contributed by atoms with van der Waals surface area (Å²) in [5.74, 6) is 0.791. The molecule has 0 N–H and O–H groups in total. The van der Waals surface area contributed by atoms with Gasteiger partial charge in [-0.15, -0.1) is 18.2 Å². The molecule has 0 bridgehead atoms. The number of ether oxygens (including phenoxy) is 2. The molecular formula is C16H18NO2Y-. The Morgan fingerprint density at radius 3 is 2.55 bits per heavy atom. The second-order valence-corrected chi connectivity index (χ2v) is 4.14. The van der Waals surface area contributed by atoms with Crippen LogP contribution >= 0.6 is 0 Å². The third-order valence-electron chi connectivity index (χ3n) is 2.90. The average Bonchev–Trinajstić information content (AvgIpc) is 2.45. The summed E-state index contributed by atoms with van der Waals surface area (Å²) in [6, 6.07) is 7.89. The maximum absolute atomic E-state index is 5.37. The van der Waals surface area contributed by atoms with Crippen LogP contribution in [0.15, 0.2) is 48.7 Å². The Hall–Kier alpha value is -0.896. The summed E-state index contributed by atoms with van der Waals surface area (Å²) in [5, 5.41) is 0. The van der Waals surface area contributed by atoms with Crippen LogP contribution < -0.4 is 4.74 Å². The van der Waals surface area contributed by atoms with Gasteiger partial charge in [-0.3, -0.25) is 0 Å². The monoisotopic (exact) mass is 345 g/mol. The van der Waals surface area contributed by atoms with Crippen LogP contribution in [-0.4, -0.2) is 25.3 Å². The molecule has 0 fully saturated rings. The van der Waals surface area contributed by atoms with E-state index in [0.717, 1.165) is 29.3 Å². The molecule has 2 rings (SSSR count). The Bertz CT molecular complexity index is 506. The van der Waals surface area contributed by atoms with Crippen molar-refractivity contribution in [1.29, 1.82) is 0 Å². The van der Waals surface area contributed by atoms with Gasteiger partial charge in [-0.25, -0.2) is 0 Å². The second-order valence-electron chi connectivity index (χ2n) is 4.14. The van der Waals surface area contributed by atoms with E-state index >= 15 is 0 Å². The molecule has 1 radical (unpaired) electrons. The first kappa shape index (κ1) is 17.2. The summed E-state index contributed by atoms with van der Waals surface area (Å²) < 4.78 is 10.2. The Balaban J connectivity index is 0.00000200. The van der Waals surface area contributed by atoms with Gasteiger partial charge in [0.15, 0.2) is 6.79 Å². The van der Waals surface area contributed by atoms with Crippen LogP contribution in [0.1, 0.15) is 12.5 Å². The Kier molecular flexibility index (Phi) is 7.21. The van der Waals surface area contributed by atoms with E-state index in [9.17, 15) is 0 Å². The number of allylic oxidation sites excluding steroid dienone is 3. The molecule has 20 heavy (non-hydrogen) atoms. The molecule has 3 nitrogen and oxygen atoms in total. The largest absolute Gasteiger partial charge is 0.468 e. The van der Waals surface area contributed by atoms with E-state index in [-0.39, 0.29) is 39.5 Å². The topological polar surface area (TPSA) is 21.7 Å². The van der Waals surface area contributed by atoms with Crippen molar-refractivity contribution in [1.82, 2.24) is 4.90 Å². The minimum atomic E-state index is 0. The first-order valence-corrected chi connectivity index (χ1v) is 6.25. The molecule has 1 aromatic carbocycles. The molecule has 0 aliphatic carbocycles. The van der Waals surface area contributed by atoms with Gasteiger partial charge in [0.2, 0.25) is 0 Å². The molecule has 0 spiro atoms. The SMILES string of the molecule is C=C1C=C[C-]=C(c2ccc(OCOC)cc2)N1CC.[Y]. The van der Waals surface area contributed by atoms with Gasteiger partial charge < -0.3 is 14.4 Å². The number of rotatable bonds is 5. The number of nitrogens with zero attached hydrogens (tertiary/aromatic N) is 1. The van der Waals surface area contributed by atoms with Crippen molar-refractivity contribution < 1.29 is 42.2 Å². The Morgan fingerprint density at radius 1 is 1.25 bits per heavy atom. The smallest absolute Gasteiger partial charge is 0.188 e. The van der Waals surface area contributed by atoms with Gasteiger partial charge in [0.05, 0.1) is 0 Å². The molecule has 0 saturated carbocycles. The zero-order chi connectivity index (χ0) is 13.7. The van der Waals surface area contributed by atoms with E-state index in [1.807, 2.05) is 36.4 Å². The Labute approximate surface area is 145 Å². The normalized spacial score (nSPS) is 13.8. The van der Waals surface area contributed by atoms with Crippen molar-refractivity contribution in [3.63, 3.8) is 0 Å². The van der Waals surface area contributed by atoms with Crippen LogP contribution in [0.25, 0.3) is 5.70 Å².